The highest BCUT2D eigenvalue weighted by Gasteiger charge is 2.29. The number of carboxylic acid groups (broad SMARTS) is 1. The summed E-state index contributed by atoms with van der Waals surface area (Å²) >= 11 is 1.29. The Morgan fingerprint density at radius 2 is 1.74 bits per heavy atom. The van der Waals surface area contributed by atoms with Crippen molar-refractivity contribution in [2.45, 2.75) is 38.3 Å². The van der Waals surface area contributed by atoms with E-state index in [0.717, 1.165) is 22.3 Å². The maximum absolute atomic E-state index is 12.4. The van der Waals surface area contributed by atoms with Crippen LogP contribution in [0.1, 0.15) is 41.1 Å². The topological polar surface area (TPSA) is 118 Å². The van der Waals surface area contributed by atoms with Gasteiger partial charge in [-0.15, -0.1) is 11.3 Å². The standard InChI is InChI=1S/C25H25N3O5S/c1-15(10-22(29)26-12-23-28-16(14-34-23)11-24(30)31)27-25(32)33-13-21-19-8-4-2-6-17(19)18-7-3-5-9-20(18)21/h2-9,14-15,21H,10-13H2,1H3,(H,26,29)(H,27,32)(H,30,31)/t15-/m1/s1. The predicted molar refractivity (Wildman–Crippen MR) is 128 cm³/mol. The van der Waals surface area contributed by atoms with Crippen LogP contribution in [0.25, 0.3) is 11.1 Å². The number of nitrogens with zero attached hydrogens (tertiary/aromatic N) is 1. The van der Waals surface area contributed by atoms with Crippen LogP contribution in [0, 0.1) is 0 Å². The van der Waals surface area contributed by atoms with E-state index < -0.39 is 18.1 Å². The molecular weight excluding hydrogens is 454 g/mol. The molecule has 176 valence electrons. The zero-order chi connectivity index (χ0) is 24.1. The number of alkyl carbamates (subject to hydrolysis) is 1. The molecule has 2 amide bonds. The number of rotatable bonds is 9. The number of hydrogen-bond donors (Lipinski definition) is 3. The van der Waals surface area contributed by atoms with E-state index in [4.69, 9.17) is 9.84 Å². The molecule has 1 heterocycles. The number of amides is 2. The summed E-state index contributed by atoms with van der Waals surface area (Å²) in [6, 6.07) is 15.8. The van der Waals surface area contributed by atoms with Crippen LogP contribution in [0.3, 0.4) is 0 Å². The van der Waals surface area contributed by atoms with Crippen molar-refractivity contribution in [1.29, 1.82) is 0 Å². The molecule has 1 aliphatic carbocycles. The summed E-state index contributed by atoms with van der Waals surface area (Å²) in [5.74, 6) is -1.23. The third kappa shape index (κ3) is 5.60. The molecule has 3 aromatic rings. The molecule has 1 aliphatic rings. The Balaban J connectivity index is 1.23. The van der Waals surface area contributed by atoms with Crippen molar-refractivity contribution < 1.29 is 24.2 Å². The number of ether oxygens (including phenoxy) is 1. The first-order valence-corrected chi connectivity index (χ1v) is 11.8. The fraction of sp³-hybridized carbons (Fsp3) is 0.280. The van der Waals surface area contributed by atoms with Gasteiger partial charge in [0.2, 0.25) is 5.91 Å². The van der Waals surface area contributed by atoms with Crippen LogP contribution in [-0.2, 0) is 27.3 Å². The third-order valence-electron chi connectivity index (χ3n) is 5.57. The van der Waals surface area contributed by atoms with Crippen molar-refractivity contribution in [2.24, 2.45) is 0 Å². The molecule has 0 saturated heterocycles. The minimum absolute atomic E-state index is 0.0268. The van der Waals surface area contributed by atoms with Crippen molar-refractivity contribution >= 4 is 29.3 Å². The van der Waals surface area contributed by atoms with Crippen LogP contribution < -0.4 is 10.6 Å². The molecule has 1 atom stereocenters. The second-order valence-electron chi connectivity index (χ2n) is 8.15. The average molecular weight is 480 g/mol. The molecular formula is C25H25N3O5S. The lowest BCUT2D eigenvalue weighted by Gasteiger charge is -2.17. The molecule has 4 rings (SSSR count). The Morgan fingerprint density at radius 1 is 1.09 bits per heavy atom. The van der Waals surface area contributed by atoms with Gasteiger partial charge in [-0.05, 0) is 29.2 Å². The highest BCUT2D eigenvalue weighted by atomic mass is 32.1. The molecule has 0 radical (unpaired) electrons. The molecule has 34 heavy (non-hydrogen) atoms. The molecule has 0 fully saturated rings. The lowest BCUT2D eigenvalue weighted by Crippen LogP contribution is -2.37. The lowest BCUT2D eigenvalue weighted by molar-refractivity contribution is -0.136. The fourth-order valence-electron chi connectivity index (χ4n) is 4.08. The Labute approximate surface area is 201 Å². The summed E-state index contributed by atoms with van der Waals surface area (Å²) in [6.07, 6.45) is -0.635. The second kappa shape index (κ2) is 10.5. The van der Waals surface area contributed by atoms with Gasteiger partial charge in [0.25, 0.3) is 0 Å². The molecule has 3 N–H and O–H groups in total. The summed E-state index contributed by atoms with van der Waals surface area (Å²) in [4.78, 5) is 39.5. The summed E-state index contributed by atoms with van der Waals surface area (Å²) in [5, 5.41) is 16.5. The summed E-state index contributed by atoms with van der Waals surface area (Å²) in [7, 11) is 0. The Morgan fingerprint density at radius 3 is 2.38 bits per heavy atom. The van der Waals surface area contributed by atoms with Gasteiger partial charge in [-0.1, -0.05) is 48.5 Å². The van der Waals surface area contributed by atoms with Crippen LogP contribution in [-0.4, -0.2) is 40.7 Å². The van der Waals surface area contributed by atoms with Gasteiger partial charge in [0.15, 0.2) is 0 Å². The van der Waals surface area contributed by atoms with E-state index >= 15 is 0 Å². The predicted octanol–water partition coefficient (Wildman–Crippen LogP) is 3.70. The minimum atomic E-state index is -0.950. The monoisotopic (exact) mass is 479 g/mol. The maximum Gasteiger partial charge on any atom is 0.407 e. The SMILES string of the molecule is C[C@H](CC(=O)NCc1nc(CC(=O)O)cs1)NC(=O)OCC1c2ccccc2-c2ccccc21. The summed E-state index contributed by atoms with van der Waals surface area (Å²) in [5.41, 5.74) is 5.06. The summed E-state index contributed by atoms with van der Waals surface area (Å²) < 4.78 is 5.52. The van der Waals surface area contributed by atoms with E-state index in [-0.39, 0.29) is 37.8 Å². The first kappa shape index (κ1) is 23.4. The zero-order valence-corrected chi connectivity index (χ0v) is 19.4. The average Bonchev–Trinajstić information content (AvgIpc) is 3.38. The maximum atomic E-state index is 12.4. The van der Waals surface area contributed by atoms with Gasteiger partial charge in [-0.3, -0.25) is 9.59 Å². The number of carbonyl (C=O) groups is 3. The number of carboxylic acids is 1. The van der Waals surface area contributed by atoms with Gasteiger partial charge in [0.05, 0.1) is 18.7 Å². The van der Waals surface area contributed by atoms with Crippen molar-refractivity contribution in [1.82, 2.24) is 15.6 Å². The number of aromatic nitrogens is 1. The van der Waals surface area contributed by atoms with Crippen LogP contribution in [0.5, 0.6) is 0 Å². The van der Waals surface area contributed by atoms with Crippen molar-refractivity contribution in [3.63, 3.8) is 0 Å². The van der Waals surface area contributed by atoms with Gasteiger partial charge in [-0.25, -0.2) is 9.78 Å². The minimum Gasteiger partial charge on any atom is -0.481 e. The number of thiazole rings is 1. The molecule has 0 bridgehead atoms. The molecule has 2 aromatic carbocycles. The van der Waals surface area contributed by atoms with E-state index in [1.54, 1.807) is 12.3 Å². The number of nitrogens with one attached hydrogen (secondary N) is 2. The quantitative estimate of drug-likeness (QED) is 0.431. The Kier molecular flexibility index (Phi) is 7.22. The Bertz CT molecular complexity index is 1160. The van der Waals surface area contributed by atoms with Gasteiger partial charge in [0.1, 0.15) is 11.6 Å². The zero-order valence-electron chi connectivity index (χ0n) is 18.6. The highest BCUT2D eigenvalue weighted by molar-refractivity contribution is 7.09. The fourth-order valence-corrected chi connectivity index (χ4v) is 4.82. The normalized spacial score (nSPS) is 13.0. The van der Waals surface area contributed by atoms with Gasteiger partial charge < -0.3 is 20.5 Å². The first-order valence-electron chi connectivity index (χ1n) is 10.9. The number of fused-ring (bicyclic) bond motifs is 3. The second-order valence-corrected chi connectivity index (χ2v) is 9.10. The Hall–Kier alpha value is -3.72. The number of aliphatic carboxylic acids is 1. The third-order valence-corrected chi connectivity index (χ3v) is 6.47. The lowest BCUT2D eigenvalue weighted by atomic mass is 9.98. The smallest absolute Gasteiger partial charge is 0.407 e. The number of benzene rings is 2. The van der Waals surface area contributed by atoms with Crippen molar-refractivity contribution in [3.8, 4) is 11.1 Å². The molecule has 0 spiro atoms. The molecule has 0 unspecified atom stereocenters. The van der Waals surface area contributed by atoms with Gasteiger partial charge in [0, 0.05) is 23.8 Å². The van der Waals surface area contributed by atoms with E-state index in [1.807, 2.05) is 24.3 Å². The van der Waals surface area contributed by atoms with Gasteiger partial charge in [-0.2, -0.15) is 0 Å². The van der Waals surface area contributed by atoms with Crippen LogP contribution in [0.15, 0.2) is 53.9 Å². The van der Waals surface area contributed by atoms with E-state index in [9.17, 15) is 14.4 Å². The van der Waals surface area contributed by atoms with Crippen LogP contribution >= 0.6 is 11.3 Å². The first-order chi connectivity index (χ1) is 16.4. The number of hydrogen-bond acceptors (Lipinski definition) is 6. The van der Waals surface area contributed by atoms with E-state index in [1.165, 1.54) is 11.3 Å². The summed E-state index contributed by atoms with van der Waals surface area (Å²) in [6.45, 7) is 2.15. The van der Waals surface area contributed by atoms with Crippen LogP contribution in [0.2, 0.25) is 0 Å². The number of carbonyl (C=O) groups excluding carboxylic acids is 2. The van der Waals surface area contributed by atoms with Gasteiger partial charge >= 0.3 is 12.1 Å². The molecule has 9 heteroatoms. The molecule has 0 aliphatic heterocycles. The van der Waals surface area contributed by atoms with E-state index in [0.29, 0.717) is 10.7 Å². The van der Waals surface area contributed by atoms with Crippen LogP contribution in [0.4, 0.5) is 4.79 Å². The molecule has 1 aromatic heterocycles. The highest BCUT2D eigenvalue weighted by Crippen LogP contribution is 2.44. The molecule has 0 saturated carbocycles. The van der Waals surface area contributed by atoms with Crippen molar-refractivity contribution in [3.05, 3.63) is 75.7 Å². The molecule has 8 nitrogen and oxygen atoms in total. The van der Waals surface area contributed by atoms with Crippen molar-refractivity contribution in [2.75, 3.05) is 6.61 Å². The largest absolute Gasteiger partial charge is 0.481 e. The van der Waals surface area contributed by atoms with E-state index in [2.05, 4.69) is 39.9 Å².